The van der Waals surface area contributed by atoms with Crippen LogP contribution in [0.4, 0.5) is 5.69 Å². The number of piperazine rings is 1. The zero-order valence-corrected chi connectivity index (χ0v) is 12.6. The number of carbonyl (C=O) groups is 1. The van der Waals surface area contributed by atoms with Crippen molar-refractivity contribution < 1.29 is 9.53 Å². The fourth-order valence-corrected chi connectivity index (χ4v) is 2.82. The third-order valence-corrected chi connectivity index (χ3v) is 4.24. The summed E-state index contributed by atoms with van der Waals surface area (Å²) < 4.78 is 5.67. The van der Waals surface area contributed by atoms with Gasteiger partial charge in [0.15, 0.2) is 6.61 Å². The standard InChI is InChI=1S/C16H23N3O2/c1-18-7-9-19(10-8-18)16(20)12-21-14-5-4-13-3-2-6-17-15(13)11-14/h4-5,11,17H,2-3,6-10,12H2,1H3. The molecule has 0 aromatic heterocycles. The van der Waals surface area contributed by atoms with E-state index in [4.69, 9.17) is 4.74 Å². The summed E-state index contributed by atoms with van der Waals surface area (Å²) in [6.07, 6.45) is 2.29. The van der Waals surface area contributed by atoms with E-state index in [1.54, 1.807) is 0 Å². The Bertz CT molecular complexity index is 510. The second-order valence-corrected chi connectivity index (χ2v) is 5.82. The molecule has 21 heavy (non-hydrogen) atoms. The Morgan fingerprint density at radius 3 is 2.90 bits per heavy atom. The van der Waals surface area contributed by atoms with Crippen LogP contribution >= 0.6 is 0 Å². The molecular formula is C16H23N3O2. The first-order chi connectivity index (χ1) is 10.2. The summed E-state index contributed by atoms with van der Waals surface area (Å²) in [5.74, 6) is 0.847. The molecule has 2 aliphatic heterocycles. The smallest absolute Gasteiger partial charge is 0.260 e. The first-order valence-corrected chi connectivity index (χ1v) is 7.68. The highest BCUT2D eigenvalue weighted by Gasteiger charge is 2.19. The minimum Gasteiger partial charge on any atom is -0.484 e. The molecule has 2 heterocycles. The molecule has 2 aliphatic rings. The number of anilines is 1. The second kappa shape index (κ2) is 6.35. The lowest BCUT2D eigenvalue weighted by Gasteiger charge is -2.32. The highest BCUT2D eigenvalue weighted by atomic mass is 16.5. The second-order valence-electron chi connectivity index (χ2n) is 5.82. The highest BCUT2D eigenvalue weighted by molar-refractivity contribution is 5.78. The maximum Gasteiger partial charge on any atom is 0.260 e. The van der Waals surface area contributed by atoms with Gasteiger partial charge < -0.3 is 19.9 Å². The number of nitrogens with zero attached hydrogens (tertiary/aromatic N) is 2. The molecule has 114 valence electrons. The molecule has 1 fully saturated rings. The molecule has 1 aromatic carbocycles. The van der Waals surface area contributed by atoms with Gasteiger partial charge in [-0.2, -0.15) is 0 Å². The molecule has 3 rings (SSSR count). The quantitative estimate of drug-likeness (QED) is 0.908. The third-order valence-electron chi connectivity index (χ3n) is 4.24. The number of ether oxygens (including phenoxy) is 1. The summed E-state index contributed by atoms with van der Waals surface area (Å²) in [6, 6.07) is 6.06. The number of hydrogen-bond donors (Lipinski definition) is 1. The van der Waals surface area contributed by atoms with Gasteiger partial charge in [0.05, 0.1) is 0 Å². The van der Waals surface area contributed by atoms with Crippen LogP contribution in [0.3, 0.4) is 0 Å². The SMILES string of the molecule is CN1CCN(C(=O)COc2ccc3c(c2)NCCC3)CC1. The summed E-state index contributed by atoms with van der Waals surface area (Å²) >= 11 is 0. The molecular weight excluding hydrogens is 266 g/mol. The fourth-order valence-electron chi connectivity index (χ4n) is 2.82. The van der Waals surface area contributed by atoms with Crippen molar-refractivity contribution in [3.63, 3.8) is 0 Å². The number of nitrogens with one attached hydrogen (secondary N) is 1. The monoisotopic (exact) mass is 289 g/mol. The van der Waals surface area contributed by atoms with Gasteiger partial charge in [-0.25, -0.2) is 0 Å². The van der Waals surface area contributed by atoms with E-state index in [1.807, 2.05) is 17.0 Å². The van der Waals surface area contributed by atoms with E-state index >= 15 is 0 Å². The minimum absolute atomic E-state index is 0.0776. The topological polar surface area (TPSA) is 44.8 Å². The number of amides is 1. The minimum atomic E-state index is 0.0776. The van der Waals surface area contributed by atoms with E-state index in [-0.39, 0.29) is 12.5 Å². The molecule has 1 aromatic rings. The summed E-state index contributed by atoms with van der Waals surface area (Å²) in [6.45, 7) is 4.61. The van der Waals surface area contributed by atoms with Gasteiger partial charge in [0.25, 0.3) is 5.91 Å². The zero-order chi connectivity index (χ0) is 14.7. The van der Waals surface area contributed by atoms with Crippen molar-refractivity contribution in [3.05, 3.63) is 23.8 Å². The maximum absolute atomic E-state index is 12.1. The number of aryl methyl sites for hydroxylation is 1. The van der Waals surface area contributed by atoms with E-state index in [2.05, 4.69) is 23.3 Å². The highest BCUT2D eigenvalue weighted by Crippen LogP contribution is 2.26. The number of likely N-dealkylation sites (N-methyl/N-ethyl adjacent to an activating group) is 1. The van der Waals surface area contributed by atoms with Crippen molar-refractivity contribution in [2.24, 2.45) is 0 Å². The van der Waals surface area contributed by atoms with Crippen LogP contribution in [0.2, 0.25) is 0 Å². The van der Waals surface area contributed by atoms with Gasteiger partial charge in [-0.05, 0) is 31.5 Å². The van der Waals surface area contributed by atoms with Crippen molar-refractivity contribution >= 4 is 11.6 Å². The fraction of sp³-hybridized carbons (Fsp3) is 0.562. The van der Waals surface area contributed by atoms with E-state index in [0.717, 1.165) is 50.6 Å². The lowest BCUT2D eigenvalue weighted by molar-refractivity contribution is -0.134. The lowest BCUT2D eigenvalue weighted by atomic mass is 10.0. The molecule has 0 bridgehead atoms. The molecule has 5 heteroatoms. The van der Waals surface area contributed by atoms with E-state index in [1.165, 1.54) is 12.0 Å². The first kappa shape index (κ1) is 14.2. The molecule has 5 nitrogen and oxygen atoms in total. The summed E-state index contributed by atoms with van der Waals surface area (Å²) in [5, 5.41) is 3.38. The largest absolute Gasteiger partial charge is 0.484 e. The van der Waals surface area contributed by atoms with Crippen LogP contribution in [0.15, 0.2) is 18.2 Å². The first-order valence-electron chi connectivity index (χ1n) is 7.68. The van der Waals surface area contributed by atoms with Crippen LogP contribution in [0, 0.1) is 0 Å². The van der Waals surface area contributed by atoms with Crippen LogP contribution in [-0.4, -0.2) is 62.1 Å². The predicted molar refractivity (Wildman–Crippen MR) is 82.8 cm³/mol. The van der Waals surface area contributed by atoms with Crippen molar-refractivity contribution in [3.8, 4) is 5.75 Å². The summed E-state index contributed by atoms with van der Waals surface area (Å²) in [4.78, 5) is 16.3. The van der Waals surface area contributed by atoms with Crippen LogP contribution in [-0.2, 0) is 11.2 Å². The summed E-state index contributed by atoms with van der Waals surface area (Å²) in [7, 11) is 2.08. The van der Waals surface area contributed by atoms with Crippen LogP contribution in [0.5, 0.6) is 5.75 Å². The lowest BCUT2D eigenvalue weighted by Crippen LogP contribution is -2.48. The van der Waals surface area contributed by atoms with Gasteiger partial charge >= 0.3 is 0 Å². The van der Waals surface area contributed by atoms with Crippen LogP contribution in [0.1, 0.15) is 12.0 Å². The molecule has 1 N–H and O–H groups in total. The number of fused-ring (bicyclic) bond motifs is 1. The van der Waals surface area contributed by atoms with E-state index in [0.29, 0.717) is 0 Å². The molecule has 0 radical (unpaired) electrons. The van der Waals surface area contributed by atoms with Crippen molar-refractivity contribution in [2.75, 3.05) is 51.7 Å². The number of rotatable bonds is 3. The Balaban J connectivity index is 1.54. The molecule has 1 amide bonds. The Kier molecular flexibility index (Phi) is 4.29. The normalized spacial score (nSPS) is 18.8. The number of hydrogen-bond acceptors (Lipinski definition) is 4. The number of carbonyl (C=O) groups excluding carboxylic acids is 1. The average Bonchev–Trinajstić information content (AvgIpc) is 2.53. The predicted octanol–water partition coefficient (Wildman–Crippen LogP) is 1.20. The number of benzene rings is 1. The van der Waals surface area contributed by atoms with Gasteiger partial charge in [-0.15, -0.1) is 0 Å². The Morgan fingerprint density at radius 2 is 2.10 bits per heavy atom. The van der Waals surface area contributed by atoms with Gasteiger partial charge in [0.1, 0.15) is 5.75 Å². The molecule has 0 atom stereocenters. The zero-order valence-electron chi connectivity index (χ0n) is 12.6. The Hall–Kier alpha value is -1.75. The van der Waals surface area contributed by atoms with Crippen LogP contribution in [0.25, 0.3) is 0 Å². The van der Waals surface area contributed by atoms with Gasteiger partial charge in [0.2, 0.25) is 0 Å². The Morgan fingerprint density at radius 1 is 1.29 bits per heavy atom. The maximum atomic E-state index is 12.1. The third kappa shape index (κ3) is 3.47. The van der Waals surface area contributed by atoms with Crippen molar-refractivity contribution in [2.45, 2.75) is 12.8 Å². The van der Waals surface area contributed by atoms with E-state index < -0.39 is 0 Å². The molecule has 0 aliphatic carbocycles. The van der Waals surface area contributed by atoms with Gasteiger partial charge in [-0.1, -0.05) is 6.07 Å². The molecule has 1 saturated heterocycles. The molecule has 0 unspecified atom stereocenters. The van der Waals surface area contributed by atoms with E-state index in [9.17, 15) is 4.79 Å². The van der Waals surface area contributed by atoms with Gasteiger partial charge in [-0.3, -0.25) is 4.79 Å². The van der Waals surface area contributed by atoms with Crippen LogP contribution < -0.4 is 10.1 Å². The van der Waals surface area contributed by atoms with Crippen molar-refractivity contribution in [1.82, 2.24) is 9.80 Å². The van der Waals surface area contributed by atoms with Crippen molar-refractivity contribution in [1.29, 1.82) is 0 Å². The Labute approximate surface area is 125 Å². The average molecular weight is 289 g/mol. The van der Waals surface area contributed by atoms with Gasteiger partial charge in [0, 0.05) is 44.5 Å². The summed E-state index contributed by atoms with van der Waals surface area (Å²) in [5.41, 5.74) is 2.48. The molecule has 0 saturated carbocycles. The molecule has 0 spiro atoms.